The average Bonchev–Trinajstić information content (AvgIpc) is 3.38. The Morgan fingerprint density at radius 3 is 2.55 bits per heavy atom. The lowest BCUT2D eigenvalue weighted by molar-refractivity contribution is 0.0154. The molecule has 4 rings (SSSR count). The maximum atomic E-state index is 15.9. The zero-order chi connectivity index (χ0) is 30.7. The van der Waals surface area contributed by atoms with Crippen LogP contribution >= 0.6 is 22.9 Å². The van der Waals surface area contributed by atoms with Gasteiger partial charge in [-0.3, -0.25) is 5.32 Å². The highest BCUT2D eigenvalue weighted by Crippen LogP contribution is 2.46. The van der Waals surface area contributed by atoms with E-state index in [-0.39, 0.29) is 35.2 Å². The van der Waals surface area contributed by atoms with Gasteiger partial charge in [-0.1, -0.05) is 32.6 Å². The van der Waals surface area contributed by atoms with Gasteiger partial charge in [-0.25, -0.2) is 28.9 Å². The van der Waals surface area contributed by atoms with Gasteiger partial charge in [0.25, 0.3) is 0 Å². The van der Waals surface area contributed by atoms with Gasteiger partial charge < -0.3 is 14.4 Å². The second-order valence-electron chi connectivity index (χ2n) is 11.6. The lowest BCUT2D eigenvalue weighted by Crippen LogP contribution is -2.45. The number of halogens is 2. The molecule has 0 saturated carbocycles. The summed E-state index contributed by atoms with van der Waals surface area (Å²) in [7, 11) is 0. The number of piperidine rings is 1. The number of ether oxygens (including phenoxy) is 2. The van der Waals surface area contributed by atoms with E-state index in [4.69, 9.17) is 26.1 Å². The molecule has 1 N–H and O–H groups in total. The van der Waals surface area contributed by atoms with Gasteiger partial charge in [-0.15, -0.1) is 11.3 Å². The highest BCUT2D eigenvalue weighted by atomic mass is 35.5. The topological polar surface area (TPSA) is 107 Å². The molecule has 12 heteroatoms. The zero-order valence-corrected chi connectivity index (χ0v) is 25.9. The minimum absolute atomic E-state index is 0.00695. The van der Waals surface area contributed by atoms with Crippen molar-refractivity contribution in [3.63, 3.8) is 0 Å². The molecule has 1 fully saturated rings. The van der Waals surface area contributed by atoms with Crippen molar-refractivity contribution < 1.29 is 23.5 Å². The summed E-state index contributed by atoms with van der Waals surface area (Å²) < 4.78 is 26.4. The van der Waals surface area contributed by atoms with Crippen LogP contribution in [0.25, 0.3) is 21.8 Å². The van der Waals surface area contributed by atoms with Crippen molar-refractivity contribution in [1.82, 2.24) is 19.9 Å². The van der Waals surface area contributed by atoms with Crippen molar-refractivity contribution in [3.05, 3.63) is 59.2 Å². The van der Waals surface area contributed by atoms with Gasteiger partial charge in [0.05, 0.1) is 27.0 Å². The number of likely N-dealkylation sites (tertiary alicyclic amines) is 1. The number of hydrogen-bond donors (Lipinski definition) is 1. The molecule has 0 aliphatic carbocycles. The molecule has 3 aromatic rings. The molecule has 0 radical (unpaired) electrons. The Morgan fingerprint density at radius 2 is 1.90 bits per heavy atom. The van der Waals surface area contributed by atoms with Crippen LogP contribution in [0.4, 0.5) is 19.7 Å². The number of thiazole rings is 1. The smallest absolute Gasteiger partial charge is 0.412 e. The fourth-order valence-corrected chi connectivity index (χ4v) is 6.17. The number of rotatable bonds is 7. The predicted molar refractivity (Wildman–Crippen MR) is 162 cm³/mol. The fraction of sp³-hybridized carbons (Fsp3) is 0.433. The Morgan fingerprint density at radius 1 is 1.19 bits per heavy atom. The van der Waals surface area contributed by atoms with E-state index in [2.05, 4.69) is 35.7 Å². The fourth-order valence-electron chi connectivity index (χ4n) is 4.79. The molecule has 0 bridgehead atoms. The summed E-state index contributed by atoms with van der Waals surface area (Å²) in [5.41, 5.74) is 0.0710. The quantitative estimate of drug-likeness (QED) is 0.214. The molecule has 1 aromatic carbocycles. The molecule has 1 aliphatic heterocycles. The van der Waals surface area contributed by atoms with Gasteiger partial charge in [0.1, 0.15) is 12.2 Å². The largest absolute Gasteiger partial charge is 0.445 e. The van der Waals surface area contributed by atoms with Crippen LogP contribution in [0.3, 0.4) is 0 Å². The molecule has 0 unspecified atom stereocenters. The first-order valence-electron chi connectivity index (χ1n) is 13.6. The third-order valence-electron chi connectivity index (χ3n) is 7.03. The number of anilines is 1. The number of aromatic nitrogens is 3. The summed E-state index contributed by atoms with van der Waals surface area (Å²) in [6.07, 6.45) is 3.37. The predicted octanol–water partition coefficient (Wildman–Crippen LogP) is 7.72. The SMILES string of the molecule is C=CCOC(=O)Nc1cccc(-c2nc(C(C)(C)C3CCN(C(=O)OC(C)(C)C)CC3)sc2-c2ccnc(Cl)n2)c1F. The molecule has 9 nitrogen and oxygen atoms in total. The highest BCUT2D eigenvalue weighted by Gasteiger charge is 2.39. The van der Waals surface area contributed by atoms with E-state index in [1.807, 2.05) is 20.8 Å². The molecule has 2 aromatic heterocycles. The normalized spacial score (nSPS) is 14.4. The van der Waals surface area contributed by atoms with Gasteiger partial charge in [-0.05, 0) is 69.3 Å². The van der Waals surface area contributed by atoms with E-state index in [0.29, 0.717) is 29.4 Å². The van der Waals surface area contributed by atoms with Crippen LogP contribution in [0.1, 0.15) is 52.5 Å². The summed E-state index contributed by atoms with van der Waals surface area (Å²) in [5, 5.41) is 3.29. The van der Waals surface area contributed by atoms with Gasteiger partial charge in [0.2, 0.25) is 5.28 Å². The van der Waals surface area contributed by atoms with Crippen LogP contribution in [-0.4, -0.2) is 57.3 Å². The molecular formula is C30H35ClFN5O4S. The lowest BCUT2D eigenvalue weighted by atomic mass is 9.74. The minimum atomic E-state index is -0.799. The van der Waals surface area contributed by atoms with Gasteiger partial charge in [0, 0.05) is 30.3 Å². The first-order valence-corrected chi connectivity index (χ1v) is 14.8. The van der Waals surface area contributed by atoms with Crippen molar-refractivity contribution in [1.29, 1.82) is 0 Å². The van der Waals surface area contributed by atoms with E-state index in [9.17, 15) is 9.59 Å². The minimum Gasteiger partial charge on any atom is -0.445 e. The van der Waals surface area contributed by atoms with Crippen LogP contribution in [0.2, 0.25) is 5.28 Å². The Hall–Kier alpha value is -3.57. The average molecular weight is 616 g/mol. The van der Waals surface area contributed by atoms with Crippen molar-refractivity contribution in [3.8, 4) is 21.8 Å². The van der Waals surface area contributed by atoms with Crippen molar-refractivity contribution >= 4 is 40.8 Å². The number of nitrogens with zero attached hydrogens (tertiary/aromatic N) is 4. The standard InChI is InChI=1S/C30H35ClFN5O4S/c1-7-17-40-27(38)35-20-10-8-9-19(22(20)32)23-24(21-11-14-33-26(31)34-21)42-25(36-23)30(5,6)18-12-15-37(16-13-18)28(39)41-29(2,3)4/h7-11,14,18H,1,12-13,15-17H2,2-6H3,(H,35,38). The van der Waals surface area contributed by atoms with E-state index in [1.165, 1.54) is 29.7 Å². The number of benzene rings is 1. The molecular weight excluding hydrogens is 581 g/mol. The van der Waals surface area contributed by atoms with Gasteiger partial charge in [-0.2, -0.15) is 0 Å². The van der Waals surface area contributed by atoms with Crippen molar-refractivity contribution in [2.24, 2.45) is 5.92 Å². The third kappa shape index (κ3) is 7.25. The van der Waals surface area contributed by atoms with E-state index in [0.717, 1.165) is 17.8 Å². The maximum Gasteiger partial charge on any atom is 0.412 e. The number of carbonyl (C=O) groups excluding carboxylic acids is 2. The number of nitrogens with one attached hydrogen (secondary N) is 1. The number of hydrogen-bond acceptors (Lipinski definition) is 8. The van der Waals surface area contributed by atoms with E-state index >= 15 is 4.39 Å². The molecule has 1 saturated heterocycles. The second-order valence-corrected chi connectivity index (χ2v) is 12.9. The summed E-state index contributed by atoms with van der Waals surface area (Å²) in [4.78, 5) is 40.4. The second kappa shape index (κ2) is 12.7. The van der Waals surface area contributed by atoms with Crippen LogP contribution < -0.4 is 5.32 Å². The molecule has 0 spiro atoms. The monoisotopic (exact) mass is 615 g/mol. The lowest BCUT2D eigenvalue weighted by Gasteiger charge is -2.40. The van der Waals surface area contributed by atoms with Crippen LogP contribution in [0.15, 0.2) is 43.1 Å². The molecule has 1 aliphatic rings. The third-order valence-corrected chi connectivity index (χ3v) is 8.63. The van der Waals surface area contributed by atoms with Gasteiger partial charge in [0.15, 0.2) is 5.82 Å². The number of amides is 2. The number of carbonyl (C=O) groups is 2. The zero-order valence-electron chi connectivity index (χ0n) is 24.4. The van der Waals surface area contributed by atoms with E-state index in [1.54, 1.807) is 23.1 Å². The Kier molecular flexibility index (Phi) is 9.52. The Labute approximate surface area is 254 Å². The van der Waals surface area contributed by atoms with Crippen LogP contribution in [0.5, 0.6) is 0 Å². The molecule has 2 amide bonds. The highest BCUT2D eigenvalue weighted by molar-refractivity contribution is 7.15. The summed E-state index contributed by atoms with van der Waals surface area (Å²) in [5.74, 6) is -0.454. The Balaban J connectivity index is 1.67. The first kappa shape index (κ1) is 31.4. The molecule has 42 heavy (non-hydrogen) atoms. The summed E-state index contributed by atoms with van der Waals surface area (Å²) in [6, 6.07) is 6.39. The van der Waals surface area contributed by atoms with Crippen LogP contribution in [0, 0.1) is 11.7 Å². The maximum absolute atomic E-state index is 15.9. The van der Waals surface area contributed by atoms with Crippen molar-refractivity contribution in [2.45, 2.75) is 58.5 Å². The summed E-state index contributed by atoms with van der Waals surface area (Å²) >= 11 is 7.54. The Bertz CT molecular complexity index is 1460. The van der Waals surface area contributed by atoms with E-state index < -0.39 is 22.9 Å². The summed E-state index contributed by atoms with van der Waals surface area (Å²) in [6.45, 7) is 14.4. The van der Waals surface area contributed by atoms with Crippen LogP contribution in [-0.2, 0) is 14.9 Å². The molecule has 3 heterocycles. The first-order chi connectivity index (χ1) is 19.8. The van der Waals surface area contributed by atoms with Crippen molar-refractivity contribution in [2.75, 3.05) is 25.0 Å². The molecule has 224 valence electrons. The van der Waals surface area contributed by atoms with Gasteiger partial charge >= 0.3 is 12.2 Å². The molecule has 0 atom stereocenters.